The second-order valence-electron chi connectivity index (χ2n) is 6.48. The van der Waals surface area contributed by atoms with E-state index in [1.807, 2.05) is 24.4 Å². The molecule has 0 saturated carbocycles. The van der Waals surface area contributed by atoms with Gasteiger partial charge in [0.25, 0.3) is 5.91 Å². The van der Waals surface area contributed by atoms with Crippen molar-refractivity contribution in [3.05, 3.63) is 57.3 Å². The molecule has 1 aliphatic heterocycles. The molecule has 1 aromatic heterocycles. The Balaban J connectivity index is 1.68. The van der Waals surface area contributed by atoms with E-state index in [0.29, 0.717) is 38.2 Å². The standard InChI is InChI=1S/C20H22N2O4S/c1-14-7-11-27-18(14)19(24)21-8-6-17(23)22(10-9-21)13-15-4-3-5-16(12-15)20(25)26-2/h3-5,7,11-12H,6,8-10,13H2,1-2H3. The van der Waals surface area contributed by atoms with Gasteiger partial charge in [-0.15, -0.1) is 11.3 Å². The maximum absolute atomic E-state index is 12.7. The van der Waals surface area contributed by atoms with Crippen molar-refractivity contribution in [3.63, 3.8) is 0 Å². The first-order valence-electron chi connectivity index (χ1n) is 8.78. The molecular formula is C20H22N2O4S. The third-order valence-electron chi connectivity index (χ3n) is 4.65. The summed E-state index contributed by atoms with van der Waals surface area (Å²) in [7, 11) is 1.34. The average Bonchev–Trinajstić information content (AvgIpc) is 3.03. The van der Waals surface area contributed by atoms with E-state index in [9.17, 15) is 14.4 Å². The first-order chi connectivity index (χ1) is 13.0. The number of benzene rings is 1. The Kier molecular flexibility index (Phi) is 5.91. The minimum Gasteiger partial charge on any atom is -0.465 e. The highest BCUT2D eigenvalue weighted by Crippen LogP contribution is 2.20. The van der Waals surface area contributed by atoms with Crippen molar-refractivity contribution >= 4 is 29.1 Å². The summed E-state index contributed by atoms with van der Waals surface area (Å²) in [5.74, 6) is -0.399. The van der Waals surface area contributed by atoms with Crippen LogP contribution >= 0.6 is 11.3 Å². The number of hydrogen-bond acceptors (Lipinski definition) is 5. The fourth-order valence-electron chi connectivity index (χ4n) is 3.11. The molecule has 0 unspecified atom stereocenters. The number of nitrogens with zero attached hydrogens (tertiary/aromatic N) is 2. The van der Waals surface area contributed by atoms with Crippen molar-refractivity contribution in [2.45, 2.75) is 19.9 Å². The maximum atomic E-state index is 12.7. The molecule has 2 amide bonds. The lowest BCUT2D eigenvalue weighted by Gasteiger charge is -2.22. The lowest BCUT2D eigenvalue weighted by molar-refractivity contribution is -0.130. The predicted octanol–water partition coefficient (Wildman–Crippen LogP) is 2.72. The summed E-state index contributed by atoms with van der Waals surface area (Å²) in [5, 5.41) is 1.91. The van der Waals surface area contributed by atoms with Crippen LogP contribution in [0.15, 0.2) is 35.7 Å². The summed E-state index contributed by atoms with van der Waals surface area (Å²) in [4.78, 5) is 41.1. The third-order valence-corrected chi connectivity index (χ3v) is 5.66. The molecule has 0 aliphatic carbocycles. The molecule has 7 heteroatoms. The van der Waals surface area contributed by atoms with E-state index >= 15 is 0 Å². The van der Waals surface area contributed by atoms with Crippen LogP contribution in [0.25, 0.3) is 0 Å². The van der Waals surface area contributed by atoms with E-state index in [-0.39, 0.29) is 11.8 Å². The second kappa shape index (κ2) is 8.35. The summed E-state index contributed by atoms with van der Waals surface area (Å²) >= 11 is 1.44. The highest BCUT2D eigenvalue weighted by Gasteiger charge is 2.26. The van der Waals surface area contributed by atoms with Gasteiger partial charge in [-0.25, -0.2) is 4.79 Å². The van der Waals surface area contributed by atoms with Crippen molar-refractivity contribution in [2.24, 2.45) is 0 Å². The molecule has 0 atom stereocenters. The number of esters is 1. The minimum atomic E-state index is -0.401. The Morgan fingerprint density at radius 3 is 2.70 bits per heavy atom. The molecule has 1 fully saturated rings. The first-order valence-corrected chi connectivity index (χ1v) is 9.66. The number of methoxy groups -OCH3 is 1. The quantitative estimate of drug-likeness (QED) is 0.758. The topological polar surface area (TPSA) is 66.9 Å². The van der Waals surface area contributed by atoms with Crippen molar-refractivity contribution < 1.29 is 19.1 Å². The van der Waals surface area contributed by atoms with Gasteiger partial charge in [-0.05, 0) is 41.6 Å². The highest BCUT2D eigenvalue weighted by atomic mass is 32.1. The molecule has 1 aromatic carbocycles. The summed E-state index contributed by atoms with van der Waals surface area (Å²) in [6.07, 6.45) is 0.298. The van der Waals surface area contributed by atoms with Crippen LogP contribution < -0.4 is 0 Å². The van der Waals surface area contributed by atoms with Gasteiger partial charge in [0.05, 0.1) is 17.6 Å². The molecule has 0 bridgehead atoms. The third kappa shape index (κ3) is 4.36. The first kappa shape index (κ1) is 19.1. The smallest absolute Gasteiger partial charge is 0.337 e. The molecule has 2 aromatic rings. The Bertz CT molecular complexity index is 861. The molecule has 3 rings (SSSR count). The SMILES string of the molecule is COC(=O)c1cccc(CN2CCN(C(=O)c3sccc3C)CCC2=O)c1. The van der Waals surface area contributed by atoms with E-state index in [2.05, 4.69) is 0 Å². The predicted molar refractivity (Wildman–Crippen MR) is 103 cm³/mol. The van der Waals surface area contributed by atoms with Gasteiger partial charge in [0.1, 0.15) is 0 Å². The second-order valence-corrected chi connectivity index (χ2v) is 7.40. The van der Waals surface area contributed by atoms with Crippen LogP contribution in [-0.4, -0.2) is 54.3 Å². The molecule has 1 saturated heterocycles. The number of rotatable bonds is 4. The molecule has 0 radical (unpaired) electrons. The summed E-state index contributed by atoms with van der Waals surface area (Å²) < 4.78 is 4.75. The number of aryl methyl sites for hydroxylation is 1. The molecule has 0 spiro atoms. The van der Waals surface area contributed by atoms with Gasteiger partial charge < -0.3 is 14.5 Å². The zero-order chi connectivity index (χ0) is 19.4. The van der Waals surface area contributed by atoms with Crippen LogP contribution in [0.5, 0.6) is 0 Å². The van der Waals surface area contributed by atoms with E-state index in [1.165, 1.54) is 18.4 Å². The Morgan fingerprint density at radius 2 is 2.00 bits per heavy atom. The lowest BCUT2D eigenvalue weighted by Crippen LogP contribution is -2.35. The fourth-order valence-corrected chi connectivity index (χ4v) is 4.00. The Morgan fingerprint density at radius 1 is 1.19 bits per heavy atom. The van der Waals surface area contributed by atoms with Crippen LogP contribution in [-0.2, 0) is 16.1 Å². The van der Waals surface area contributed by atoms with Gasteiger partial charge in [0.2, 0.25) is 5.91 Å². The summed E-state index contributed by atoms with van der Waals surface area (Å²) in [6, 6.07) is 9.01. The number of carbonyl (C=O) groups excluding carboxylic acids is 3. The van der Waals surface area contributed by atoms with Crippen LogP contribution in [0.4, 0.5) is 0 Å². The Hall–Kier alpha value is -2.67. The van der Waals surface area contributed by atoms with Crippen LogP contribution in [0, 0.1) is 6.92 Å². The molecule has 6 nitrogen and oxygen atoms in total. The monoisotopic (exact) mass is 386 g/mol. The van der Waals surface area contributed by atoms with Gasteiger partial charge in [0, 0.05) is 32.6 Å². The zero-order valence-corrected chi connectivity index (χ0v) is 16.3. The van der Waals surface area contributed by atoms with Gasteiger partial charge in [-0.1, -0.05) is 12.1 Å². The van der Waals surface area contributed by atoms with E-state index in [0.717, 1.165) is 16.0 Å². The van der Waals surface area contributed by atoms with Crippen molar-refractivity contribution in [1.82, 2.24) is 9.80 Å². The van der Waals surface area contributed by atoms with E-state index in [4.69, 9.17) is 4.74 Å². The minimum absolute atomic E-state index is 0.00941. The van der Waals surface area contributed by atoms with Crippen molar-refractivity contribution in [3.8, 4) is 0 Å². The van der Waals surface area contributed by atoms with Crippen molar-refractivity contribution in [2.75, 3.05) is 26.7 Å². The molecule has 27 heavy (non-hydrogen) atoms. The number of ether oxygens (including phenoxy) is 1. The number of carbonyl (C=O) groups is 3. The van der Waals surface area contributed by atoms with Crippen LogP contribution in [0.1, 0.15) is 37.6 Å². The molecule has 2 heterocycles. The Labute approximate surface area is 162 Å². The van der Waals surface area contributed by atoms with Crippen LogP contribution in [0.2, 0.25) is 0 Å². The van der Waals surface area contributed by atoms with Crippen molar-refractivity contribution in [1.29, 1.82) is 0 Å². The molecule has 142 valence electrons. The average molecular weight is 386 g/mol. The zero-order valence-electron chi connectivity index (χ0n) is 15.4. The van der Waals surface area contributed by atoms with Crippen LogP contribution in [0.3, 0.4) is 0 Å². The summed E-state index contributed by atoms with van der Waals surface area (Å²) in [6.45, 7) is 3.72. The van der Waals surface area contributed by atoms with E-state index < -0.39 is 5.97 Å². The maximum Gasteiger partial charge on any atom is 0.337 e. The van der Waals surface area contributed by atoms with Gasteiger partial charge >= 0.3 is 5.97 Å². The largest absolute Gasteiger partial charge is 0.465 e. The lowest BCUT2D eigenvalue weighted by atomic mass is 10.1. The highest BCUT2D eigenvalue weighted by molar-refractivity contribution is 7.12. The van der Waals surface area contributed by atoms with Gasteiger partial charge in [0.15, 0.2) is 0 Å². The summed E-state index contributed by atoms with van der Waals surface area (Å²) in [5.41, 5.74) is 2.29. The van der Waals surface area contributed by atoms with Gasteiger partial charge in [-0.3, -0.25) is 9.59 Å². The number of thiophene rings is 1. The number of amides is 2. The molecule has 0 N–H and O–H groups in total. The number of hydrogen-bond donors (Lipinski definition) is 0. The molecule has 1 aliphatic rings. The normalized spacial score (nSPS) is 14.8. The van der Waals surface area contributed by atoms with Gasteiger partial charge in [-0.2, -0.15) is 0 Å². The fraction of sp³-hybridized carbons (Fsp3) is 0.350. The molecular weight excluding hydrogens is 364 g/mol. The van der Waals surface area contributed by atoms with E-state index in [1.54, 1.807) is 28.0 Å².